The maximum absolute atomic E-state index is 12.4. The molecule has 114 valence electrons. The monoisotopic (exact) mass is 292 g/mol. The van der Waals surface area contributed by atoms with E-state index < -0.39 is 0 Å². The molecule has 0 aliphatic carbocycles. The number of nitrogens with one attached hydrogen (secondary N) is 1. The van der Waals surface area contributed by atoms with E-state index in [0.29, 0.717) is 12.4 Å². The van der Waals surface area contributed by atoms with Gasteiger partial charge in [0, 0.05) is 26.2 Å². The van der Waals surface area contributed by atoms with Gasteiger partial charge in [-0.25, -0.2) is 4.79 Å². The number of rotatable bonds is 4. The molecule has 2 aliphatic heterocycles. The summed E-state index contributed by atoms with van der Waals surface area (Å²) >= 11 is 0. The summed E-state index contributed by atoms with van der Waals surface area (Å²) in [6.45, 7) is 5.82. The smallest absolute Gasteiger partial charge is 0.328 e. The van der Waals surface area contributed by atoms with Crippen LogP contribution in [0.25, 0.3) is 0 Å². The number of piperazine rings is 1. The third kappa shape index (κ3) is 2.96. The molecule has 1 aromatic rings. The average molecular weight is 292 g/mol. The molecule has 21 heavy (non-hydrogen) atoms. The van der Waals surface area contributed by atoms with Crippen molar-refractivity contribution >= 4 is 5.97 Å². The molecule has 1 atom stereocenters. The number of fused-ring (bicyclic) bond motifs is 1. The van der Waals surface area contributed by atoms with Crippen molar-refractivity contribution in [1.29, 1.82) is 0 Å². The van der Waals surface area contributed by atoms with Gasteiger partial charge >= 0.3 is 5.97 Å². The van der Waals surface area contributed by atoms with Gasteiger partial charge in [-0.1, -0.05) is 6.07 Å². The summed E-state index contributed by atoms with van der Waals surface area (Å²) in [4.78, 5) is 14.5. The molecule has 1 saturated heterocycles. The normalized spacial score (nSPS) is 19.3. The summed E-state index contributed by atoms with van der Waals surface area (Å²) in [5.41, 5.74) is 0.889. The predicted octanol–water partition coefficient (Wildman–Crippen LogP) is 0.925. The highest BCUT2D eigenvalue weighted by atomic mass is 16.7. The van der Waals surface area contributed by atoms with E-state index >= 15 is 0 Å². The third-order valence-electron chi connectivity index (χ3n) is 3.74. The van der Waals surface area contributed by atoms with Crippen LogP contribution in [0.1, 0.15) is 18.5 Å². The number of ether oxygens (including phenoxy) is 3. The fourth-order valence-electron chi connectivity index (χ4n) is 2.74. The molecule has 3 rings (SSSR count). The number of carbonyl (C=O) groups is 1. The van der Waals surface area contributed by atoms with Gasteiger partial charge in [-0.15, -0.1) is 0 Å². The molecular formula is C15H20N2O4. The molecule has 1 aromatic carbocycles. The van der Waals surface area contributed by atoms with Crippen LogP contribution in [0.4, 0.5) is 0 Å². The van der Waals surface area contributed by atoms with Gasteiger partial charge in [-0.05, 0) is 24.6 Å². The molecule has 1 fully saturated rings. The zero-order valence-electron chi connectivity index (χ0n) is 12.1. The minimum Gasteiger partial charge on any atom is -0.465 e. The van der Waals surface area contributed by atoms with Crippen molar-refractivity contribution in [3.63, 3.8) is 0 Å². The lowest BCUT2D eigenvalue weighted by molar-refractivity contribution is -0.150. The van der Waals surface area contributed by atoms with Crippen molar-refractivity contribution in [2.45, 2.75) is 13.0 Å². The first-order valence-electron chi connectivity index (χ1n) is 7.30. The van der Waals surface area contributed by atoms with Gasteiger partial charge in [0.05, 0.1) is 6.61 Å². The van der Waals surface area contributed by atoms with Crippen molar-refractivity contribution in [2.75, 3.05) is 39.6 Å². The summed E-state index contributed by atoms with van der Waals surface area (Å²) in [7, 11) is 0. The zero-order chi connectivity index (χ0) is 14.7. The molecule has 0 amide bonds. The quantitative estimate of drug-likeness (QED) is 0.833. The van der Waals surface area contributed by atoms with Gasteiger partial charge in [0.15, 0.2) is 11.5 Å². The topological polar surface area (TPSA) is 60.0 Å². The zero-order valence-corrected chi connectivity index (χ0v) is 12.1. The number of carbonyl (C=O) groups excluding carboxylic acids is 1. The Morgan fingerprint density at radius 3 is 2.86 bits per heavy atom. The van der Waals surface area contributed by atoms with Crippen LogP contribution in [-0.4, -0.2) is 50.4 Å². The molecule has 2 heterocycles. The Hall–Kier alpha value is -1.79. The SMILES string of the molecule is CCOC(=O)C(c1ccc2c(c1)OCO2)N1CCNCC1. The van der Waals surface area contributed by atoms with E-state index in [-0.39, 0.29) is 18.8 Å². The van der Waals surface area contributed by atoms with E-state index in [1.165, 1.54) is 0 Å². The first kappa shape index (κ1) is 14.2. The van der Waals surface area contributed by atoms with Crippen LogP contribution in [0.15, 0.2) is 18.2 Å². The second-order valence-corrected chi connectivity index (χ2v) is 5.05. The Kier molecular flexibility index (Phi) is 4.26. The molecule has 0 saturated carbocycles. The molecular weight excluding hydrogens is 272 g/mol. The average Bonchev–Trinajstić information content (AvgIpc) is 2.96. The second-order valence-electron chi connectivity index (χ2n) is 5.05. The first-order valence-corrected chi connectivity index (χ1v) is 7.30. The lowest BCUT2D eigenvalue weighted by Gasteiger charge is -2.33. The maximum Gasteiger partial charge on any atom is 0.328 e. The molecule has 0 aromatic heterocycles. The number of nitrogens with zero attached hydrogens (tertiary/aromatic N) is 1. The lowest BCUT2D eigenvalue weighted by Crippen LogP contribution is -2.47. The minimum absolute atomic E-state index is 0.210. The molecule has 0 radical (unpaired) electrons. The van der Waals surface area contributed by atoms with Gasteiger partial charge < -0.3 is 19.5 Å². The lowest BCUT2D eigenvalue weighted by atomic mass is 10.0. The number of hydrogen-bond donors (Lipinski definition) is 1. The van der Waals surface area contributed by atoms with Crippen LogP contribution in [0.2, 0.25) is 0 Å². The Bertz CT molecular complexity index is 514. The highest BCUT2D eigenvalue weighted by Crippen LogP contribution is 2.35. The molecule has 1 N–H and O–H groups in total. The van der Waals surface area contributed by atoms with E-state index in [9.17, 15) is 4.79 Å². The van der Waals surface area contributed by atoms with Gasteiger partial charge in [-0.2, -0.15) is 0 Å². The van der Waals surface area contributed by atoms with E-state index in [4.69, 9.17) is 14.2 Å². The van der Waals surface area contributed by atoms with Crippen molar-refractivity contribution in [3.8, 4) is 11.5 Å². The standard InChI is InChI=1S/C15H20N2O4/c1-2-19-15(18)14(17-7-5-16-6-8-17)11-3-4-12-13(9-11)21-10-20-12/h3-4,9,14,16H,2,5-8,10H2,1H3. The highest BCUT2D eigenvalue weighted by Gasteiger charge is 2.31. The second kappa shape index (κ2) is 6.32. The Balaban J connectivity index is 1.88. The van der Waals surface area contributed by atoms with Crippen LogP contribution >= 0.6 is 0 Å². The molecule has 0 spiro atoms. The molecule has 6 heteroatoms. The van der Waals surface area contributed by atoms with Gasteiger partial charge in [0.1, 0.15) is 6.04 Å². The summed E-state index contributed by atoms with van der Waals surface area (Å²) in [5.74, 6) is 1.21. The first-order chi connectivity index (χ1) is 10.3. The largest absolute Gasteiger partial charge is 0.465 e. The van der Waals surface area contributed by atoms with Crippen LogP contribution in [0.5, 0.6) is 11.5 Å². The summed E-state index contributed by atoms with van der Waals surface area (Å²) in [6.07, 6.45) is 0. The highest BCUT2D eigenvalue weighted by molar-refractivity contribution is 5.78. The van der Waals surface area contributed by atoms with E-state index in [2.05, 4.69) is 10.2 Å². The number of hydrogen-bond acceptors (Lipinski definition) is 6. The van der Waals surface area contributed by atoms with Crippen molar-refractivity contribution in [2.24, 2.45) is 0 Å². The van der Waals surface area contributed by atoms with E-state index in [1.807, 2.05) is 25.1 Å². The third-order valence-corrected chi connectivity index (χ3v) is 3.74. The summed E-state index contributed by atoms with van der Waals surface area (Å²) in [5, 5.41) is 3.30. The maximum atomic E-state index is 12.4. The number of benzene rings is 1. The molecule has 2 aliphatic rings. The summed E-state index contributed by atoms with van der Waals surface area (Å²) in [6, 6.07) is 5.26. The van der Waals surface area contributed by atoms with Crippen molar-refractivity contribution in [3.05, 3.63) is 23.8 Å². The summed E-state index contributed by atoms with van der Waals surface area (Å²) < 4.78 is 16.0. The molecule has 0 bridgehead atoms. The van der Waals surface area contributed by atoms with Crippen molar-refractivity contribution < 1.29 is 19.0 Å². The van der Waals surface area contributed by atoms with Gasteiger partial charge in [0.2, 0.25) is 6.79 Å². The predicted molar refractivity (Wildman–Crippen MR) is 76.4 cm³/mol. The van der Waals surface area contributed by atoms with Crippen LogP contribution in [0.3, 0.4) is 0 Å². The van der Waals surface area contributed by atoms with Gasteiger partial charge in [-0.3, -0.25) is 4.90 Å². The van der Waals surface area contributed by atoms with Gasteiger partial charge in [0.25, 0.3) is 0 Å². The van der Waals surface area contributed by atoms with Crippen LogP contribution < -0.4 is 14.8 Å². The van der Waals surface area contributed by atoms with Crippen LogP contribution in [0, 0.1) is 0 Å². The fourth-order valence-corrected chi connectivity index (χ4v) is 2.74. The molecule has 1 unspecified atom stereocenters. The minimum atomic E-state index is -0.387. The van der Waals surface area contributed by atoms with Crippen molar-refractivity contribution in [1.82, 2.24) is 10.2 Å². The fraction of sp³-hybridized carbons (Fsp3) is 0.533. The number of esters is 1. The van der Waals surface area contributed by atoms with Crippen LogP contribution in [-0.2, 0) is 9.53 Å². The van der Waals surface area contributed by atoms with E-state index in [1.54, 1.807) is 0 Å². The Morgan fingerprint density at radius 1 is 1.33 bits per heavy atom. The Labute approximate surface area is 124 Å². The molecule has 6 nitrogen and oxygen atoms in total. The van der Waals surface area contributed by atoms with E-state index in [0.717, 1.165) is 37.5 Å². The Morgan fingerprint density at radius 2 is 2.10 bits per heavy atom.